The van der Waals surface area contributed by atoms with E-state index in [-0.39, 0.29) is 5.91 Å². The molecule has 1 aliphatic rings. The van der Waals surface area contributed by atoms with Crippen LogP contribution < -0.4 is 10.6 Å². The number of benzene rings is 1. The first-order valence-corrected chi connectivity index (χ1v) is 7.23. The molecule has 1 saturated carbocycles. The number of carbonyl (C=O) groups excluding carboxylic acids is 1. The van der Waals surface area contributed by atoms with Gasteiger partial charge in [-0.3, -0.25) is 4.79 Å². The summed E-state index contributed by atoms with van der Waals surface area (Å²) in [6, 6.07) is 5.40. The number of carbonyl (C=O) groups is 1. The van der Waals surface area contributed by atoms with Crippen LogP contribution in [-0.4, -0.2) is 19.0 Å². The zero-order valence-corrected chi connectivity index (χ0v) is 12.3. The Morgan fingerprint density at radius 3 is 2.79 bits per heavy atom. The Balaban J connectivity index is 2.07. The van der Waals surface area contributed by atoms with Crippen molar-refractivity contribution in [2.75, 3.05) is 18.4 Å². The van der Waals surface area contributed by atoms with E-state index in [1.807, 2.05) is 6.07 Å². The molecule has 2 N–H and O–H groups in total. The predicted molar refractivity (Wildman–Crippen MR) is 79.9 cm³/mol. The van der Waals surface area contributed by atoms with Crippen LogP contribution in [0.25, 0.3) is 0 Å². The second-order valence-electron chi connectivity index (χ2n) is 5.61. The second kappa shape index (κ2) is 5.83. The maximum absolute atomic E-state index is 12.2. The lowest BCUT2D eigenvalue weighted by atomic mass is 10.1. The number of rotatable bonds is 6. The second-order valence-corrected chi connectivity index (χ2v) is 6.05. The van der Waals surface area contributed by atoms with E-state index in [4.69, 9.17) is 11.6 Å². The summed E-state index contributed by atoms with van der Waals surface area (Å²) in [7, 11) is 0. The first kappa shape index (κ1) is 14.2. The molecule has 4 heteroatoms. The first-order chi connectivity index (χ1) is 9.04. The number of hydrogen-bond acceptors (Lipinski definition) is 2. The molecule has 0 atom stereocenters. The quantitative estimate of drug-likeness (QED) is 0.834. The molecule has 0 aliphatic heterocycles. The van der Waals surface area contributed by atoms with Gasteiger partial charge in [0.25, 0.3) is 5.91 Å². The highest BCUT2D eigenvalue weighted by Gasteiger charge is 2.37. The number of halogens is 1. The molecule has 0 aromatic heterocycles. The van der Waals surface area contributed by atoms with Crippen molar-refractivity contribution >= 4 is 23.2 Å². The summed E-state index contributed by atoms with van der Waals surface area (Å²) in [4.78, 5) is 12.2. The highest BCUT2D eigenvalue weighted by molar-refractivity contribution is 6.31. The van der Waals surface area contributed by atoms with E-state index in [0.29, 0.717) is 16.0 Å². The standard InChI is InChI=1S/C15H21ClN2O/c1-3-8-17-13-5-4-11(16)9-12(13)14(19)18-10-15(2)6-7-15/h4-5,9,17H,3,6-8,10H2,1-2H3,(H,18,19). The lowest BCUT2D eigenvalue weighted by Crippen LogP contribution is -2.29. The first-order valence-electron chi connectivity index (χ1n) is 6.86. The summed E-state index contributed by atoms with van der Waals surface area (Å²) < 4.78 is 0. The fourth-order valence-electron chi connectivity index (χ4n) is 1.90. The third-order valence-corrected chi connectivity index (χ3v) is 3.81. The van der Waals surface area contributed by atoms with E-state index < -0.39 is 0 Å². The lowest BCUT2D eigenvalue weighted by molar-refractivity contribution is 0.0947. The van der Waals surface area contributed by atoms with Crippen LogP contribution in [0.2, 0.25) is 5.02 Å². The van der Waals surface area contributed by atoms with Crippen LogP contribution in [0.15, 0.2) is 18.2 Å². The van der Waals surface area contributed by atoms with Crippen LogP contribution in [0, 0.1) is 5.41 Å². The van der Waals surface area contributed by atoms with Gasteiger partial charge in [0.2, 0.25) is 0 Å². The largest absolute Gasteiger partial charge is 0.384 e. The van der Waals surface area contributed by atoms with Gasteiger partial charge in [-0.1, -0.05) is 25.4 Å². The van der Waals surface area contributed by atoms with Crippen molar-refractivity contribution in [2.24, 2.45) is 5.41 Å². The zero-order chi connectivity index (χ0) is 13.9. The molecule has 104 valence electrons. The Morgan fingerprint density at radius 1 is 1.42 bits per heavy atom. The van der Waals surface area contributed by atoms with Gasteiger partial charge in [-0.2, -0.15) is 0 Å². The number of amides is 1. The molecule has 0 unspecified atom stereocenters. The molecular weight excluding hydrogens is 260 g/mol. The summed E-state index contributed by atoms with van der Waals surface area (Å²) in [6.45, 7) is 5.88. The van der Waals surface area contributed by atoms with Gasteiger partial charge in [-0.15, -0.1) is 0 Å². The van der Waals surface area contributed by atoms with Crippen LogP contribution in [0.3, 0.4) is 0 Å². The van der Waals surface area contributed by atoms with Gasteiger partial charge in [-0.05, 0) is 42.9 Å². The average molecular weight is 281 g/mol. The lowest BCUT2D eigenvalue weighted by Gasteiger charge is -2.14. The van der Waals surface area contributed by atoms with Crippen molar-refractivity contribution in [2.45, 2.75) is 33.1 Å². The van der Waals surface area contributed by atoms with Gasteiger partial charge in [0.1, 0.15) is 0 Å². The molecule has 1 aromatic carbocycles. The van der Waals surface area contributed by atoms with Crippen LogP contribution in [0.4, 0.5) is 5.69 Å². The molecule has 1 amide bonds. The summed E-state index contributed by atoms with van der Waals surface area (Å²) in [5, 5.41) is 6.86. The highest BCUT2D eigenvalue weighted by atomic mass is 35.5. The summed E-state index contributed by atoms with van der Waals surface area (Å²) in [5.74, 6) is -0.0470. The molecule has 0 spiro atoms. The molecule has 1 aliphatic carbocycles. The summed E-state index contributed by atoms with van der Waals surface area (Å²) in [6.07, 6.45) is 3.41. The minimum absolute atomic E-state index is 0.0470. The van der Waals surface area contributed by atoms with Crippen LogP contribution in [-0.2, 0) is 0 Å². The predicted octanol–water partition coefficient (Wildman–Crippen LogP) is 3.69. The molecule has 0 saturated heterocycles. The number of nitrogens with one attached hydrogen (secondary N) is 2. The van der Waals surface area contributed by atoms with E-state index in [9.17, 15) is 4.79 Å². The Bertz CT molecular complexity index is 469. The van der Waals surface area contributed by atoms with Crippen molar-refractivity contribution < 1.29 is 4.79 Å². The number of anilines is 1. The van der Waals surface area contributed by atoms with E-state index in [2.05, 4.69) is 24.5 Å². The Labute approximate surface area is 119 Å². The fourth-order valence-corrected chi connectivity index (χ4v) is 2.07. The highest BCUT2D eigenvalue weighted by Crippen LogP contribution is 2.44. The van der Waals surface area contributed by atoms with Crippen molar-refractivity contribution in [3.63, 3.8) is 0 Å². The Kier molecular flexibility index (Phi) is 4.35. The molecule has 1 aromatic rings. The van der Waals surface area contributed by atoms with Gasteiger partial charge in [0, 0.05) is 23.8 Å². The van der Waals surface area contributed by atoms with Crippen LogP contribution in [0.5, 0.6) is 0 Å². The van der Waals surface area contributed by atoms with Crippen molar-refractivity contribution in [1.82, 2.24) is 5.32 Å². The molecular formula is C15H21ClN2O. The molecule has 0 bridgehead atoms. The Hall–Kier alpha value is -1.22. The summed E-state index contributed by atoms with van der Waals surface area (Å²) >= 11 is 5.99. The fraction of sp³-hybridized carbons (Fsp3) is 0.533. The molecule has 3 nitrogen and oxygen atoms in total. The third kappa shape index (κ3) is 3.87. The topological polar surface area (TPSA) is 41.1 Å². The van der Waals surface area contributed by atoms with Gasteiger partial charge >= 0.3 is 0 Å². The number of hydrogen-bond donors (Lipinski definition) is 2. The normalized spacial score (nSPS) is 15.9. The monoisotopic (exact) mass is 280 g/mol. The summed E-state index contributed by atoms with van der Waals surface area (Å²) in [5.41, 5.74) is 1.79. The van der Waals surface area contributed by atoms with E-state index in [1.165, 1.54) is 12.8 Å². The maximum atomic E-state index is 12.2. The minimum atomic E-state index is -0.0470. The zero-order valence-electron chi connectivity index (χ0n) is 11.6. The van der Waals surface area contributed by atoms with Gasteiger partial charge in [-0.25, -0.2) is 0 Å². The van der Waals surface area contributed by atoms with Crippen molar-refractivity contribution in [3.05, 3.63) is 28.8 Å². The van der Waals surface area contributed by atoms with E-state index >= 15 is 0 Å². The minimum Gasteiger partial charge on any atom is -0.384 e. The Morgan fingerprint density at radius 2 is 2.16 bits per heavy atom. The van der Waals surface area contributed by atoms with Crippen LogP contribution >= 0.6 is 11.6 Å². The third-order valence-electron chi connectivity index (χ3n) is 3.57. The molecule has 2 rings (SSSR count). The molecule has 0 heterocycles. The maximum Gasteiger partial charge on any atom is 0.253 e. The van der Waals surface area contributed by atoms with E-state index in [1.54, 1.807) is 12.1 Å². The van der Waals surface area contributed by atoms with Gasteiger partial charge < -0.3 is 10.6 Å². The average Bonchev–Trinajstić information content (AvgIpc) is 3.13. The SMILES string of the molecule is CCCNc1ccc(Cl)cc1C(=O)NCC1(C)CC1. The van der Waals surface area contributed by atoms with Crippen LogP contribution in [0.1, 0.15) is 43.5 Å². The molecule has 19 heavy (non-hydrogen) atoms. The van der Waals surface area contributed by atoms with Gasteiger partial charge in [0.05, 0.1) is 5.56 Å². The van der Waals surface area contributed by atoms with Crippen molar-refractivity contribution in [1.29, 1.82) is 0 Å². The molecule has 0 radical (unpaired) electrons. The van der Waals surface area contributed by atoms with Gasteiger partial charge in [0.15, 0.2) is 0 Å². The smallest absolute Gasteiger partial charge is 0.253 e. The van der Waals surface area contributed by atoms with Crippen molar-refractivity contribution in [3.8, 4) is 0 Å². The molecule has 1 fully saturated rings. The van der Waals surface area contributed by atoms with E-state index in [0.717, 1.165) is 25.2 Å².